The van der Waals surface area contributed by atoms with E-state index < -0.39 is 0 Å². The van der Waals surface area contributed by atoms with Gasteiger partial charge in [-0.1, -0.05) is 0 Å². The number of carbonyl (C=O) groups excluding carboxylic acids is 1. The highest BCUT2D eigenvalue weighted by Crippen LogP contribution is 2.19. The number of hydrogen-bond donors (Lipinski definition) is 1. The van der Waals surface area contributed by atoms with Gasteiger partial charge in [-0.2, -0.15) is 11.3 Å². The fraction of sp³-hybridized carbons (Fsp3) is 0.583. The minimum Gasteiger partial charge on any atom is -0.339 e. The Hall–Kier alpha value is -0.580. The summed E-state index contributed by atoms with van der Waals surface area (Å²) < 4.78 is 0. The molecule has 3 nitrogen and oxygen atoms in total. The Morgan fingerprint density at radius 3 is 2.76 bits per heavy atom. The number of thiophene rings is 1. The number of rotatable bonds is 3. The Labute approximate surface area is 113 Å². The van der Waals surface area contributed by atoms with Gasteiger partial charge in [0.25, 0.3) is 5.91 Å². The highest BCUT2D eigenvalue weighted by Gasteiger charge is 2.23. The van der Waals surface area contributed by atoms with E-state index in [1.54, 1.807) is 11.3 Å². The Morgan fingerprint density at radius 2 is 2.24 bits per heavy atom. The summed E-state index contributed by atoms with van der Waals surface area (Å²) in [6.07, 6.45) is 2.24. The maximum absolute atomic E-state index is 12.0. The molecular formula is C12H19ClN2OS. The zero-order chi connectivity index (χ0) is 11.4. The molecule has 1 N–H and O–H groups in total. The minimum atomic E-state index is 0. The molecule has 17 heavy (non-hydrogen) atoms. The lowest BCUT2D eigenvalue weighted by molar-refractivity contribution is 0.0691. The van der Waals surface area contributed by atoms with Crippen LogP contribution in [0.5, 0.6) is 0 Å². The summed E-state index contributed by atoms with van der Waals surface area (Å²) in [5.74, 6) is 0.931. The zero-order valence-corrected chi connectivity index (χ0v) is 11.6. The second-order valence-electron chi connectivity index (χ2n) is 4.31. The van der Waals surface area contributed by atoms with Crippen LogP contribution in [0.2, 0.25) is 0 Å². The number of halogens is 1. The molecule has 0 spiro atoms. The number of hydrogen-bond acceptors (Lipinski definition) is 3. The lowest BCUT2D eigenvalue weighted by Crippen LogP contribution is -2.40. The van der Waals surface area contributed by atoms with E-state index >= 15 is 0 Å². The third kappa shape index (κ3) is 3.69. The normalized spacial score (nSPS) is 16.6. The predicted octanol–water partition coefficient (Wildman–Crippen LogP) is 2.24. The third-order valence-electron chi connectivity index (χ3n) is 3.16. The van der Waals surface area contributed by atoms with E-state index in [1.807, 2.05) is 28.8 Å². The monoisotopic (exact) mass is 274 g/mol. The van der Waals surface area contributed by atoms with Gasteiger partial charge in [0.1, 0.15) is 0 Å². The van der Waals surface area contributed by atoms with Gasteiger partial charge in [0.05, 0.1) is 5.56 Å². The van der Waals surface area contributed by atoms with Crippen LogP contribution in [0, 0.1) is 5.92 Å². The Balaban J connectivity index is 0.00000144. The molecule has 1 saturated heterocycles. The van der Waals surface area contributed by atoms with Crippen molar-refractivity contribution in [3.05, 3.63) is 22.4 Å². The van der Waals surface area contributed by atoms with Crippen LogP contribution in [-0.4, -0.2) is 37.5 Å². The number of nitrogens with one attached hydrogen (secondary N) is 1. The number of amides is 1. The summed E-state index contributed by atoms with van der Waals surface area (Å²) >= 11 is 1.58. The van der Waals surface area contributed by atoms with Gasteiger partial charge in [-0.3, -0.25) is 4.79 Å². The average molecular weight is 275 g/mol. The Bertz CT molecular complexity index is 334. The Kier molecular flexibility index (Phi) is 5.95. The van der Waals surface area contributed by atoms with Crippen LogP contribution in [0.1, 0.15) is 23.2 Å². The van der Waals surface area contributed by atoms with Crippen molar-refractivity contribution in [2.24, 2.45) is 5.92 Å². The van der Waals surface area contributed by atoms with Gasteiger partial charge < -0.3 is 10.2 Å². The van der Waals surface area contributed by atoms with Gasteiger partial charge in [0.15, 0.2) is 0 Å². The predicted molar refractivity (Wildman–Crippen MR) is 74.1 cm³/mol. The second kappa shape index (κ2) is 6.99. The van der Waals surface area contributed by atoms with Crippen molar-refractivity contribution < 1.29 is 4.79 Å². The van der Waals surface area contributed by atoms with E-state index in [1.165, 1.54) is 0 Å². The highest BCUT2D eigenvalue weighted by molar-refractivity contribution is 7.08. The topological polar surface area (TPSA) is 32.3 Å². The second-order valence-corrected chi connectivity index (χ2v) is 5.09. The van der Waals surface area contributed by atoms with E-state index in [0.717, 1.165) is 44.0 Å². The molecule has 1 aromatic rings. The molecule has 0 unspecified atom stereocenters. The highest BCUT2D eigenvalue weighted by atomic mass is 35.5. The molecule has 0 bridgehead atoms. The Morgan fingerprint density at radius 1 is 1.53 bits per heavy atom. The smallest absolute Gasteiger partial charge is 0.254 e. The van der Waals surface area contributed by atoms with Crippen LogP contribution in [0.15, 0.2) is 16.8 Å². The molecule has 0 aromatic carbocycles. The van der Waals surface area contributed by atoms with Crippen LogP contribution in [0.25, 0.3) is 0 Å². The molecule has 0 atom stereocenters. The lowest BCUT2D eigenvalue weighted by Gasteiger charge is -2.31. The van der Waals surface area contributed by atoms with E-state index in [0.29, 0.717) is 0 Å². The van der Waals surface area contributed by atoms with E-state index in [4.69, 9.17) is 0 Å². The molecule has 1 aromatic heterocycles. The average Bonchev–Trinajstić information content (AvgIpc) is 2.83. The summed E-state index contributed by atoms with van der Waals surface area (Å²) in [6.45, 7) is 2.88. The molecule has 1 aliphatic rings. The van der Waals surface area contributed by atoms with E-state index in [9.17, 15) is 4.79 Å². The molecular weight excluding hydrogens is 256 g/mol. The van der Waals surface area contributed by atoms with Crippen LogP contribution in [0.4, 0.5) is 0 Å². The van der Waals surface area contributed by atoms with Crippen molar-refractivity contribution in [1.29, 1.82) is 0 Å². The summed E-state index contributed by atoms with van der Waals surface area (Å²) in [5, 5.41) is 7.10. The summed E-state index contributed by atoms with van der Waals surface area (Å²) in [4.78, 5) is 14.0. The molecule has 1 fully saturated rings. The number of nitrogens with zero attached hydrogens (tertiary/aromatic N) is 1. The standard InChI is InChI=1S/C12H18N2OS.ClH/c1-13-8-10-2-5-14(6-3-10)12(15)11-4-7-16-9-11;/h4,7,9-10,13H,2-3,5-6,8H2,1H3;1H. The fourth-order valence-corrected chi connectivity index (χ4v) is 2.83. The van der Waals surface area contributed by atoms with E-state index in [-0.39, 0.29) is 18.3 Å². The molecule has 0 saturated carbocycles. The number of piperidine rings is 1. The first-order valence-corrected chi connectivity index (χ1v) is 6.71. The summed E-state index contributed by atoms with van der Waals surface area (Å²) in [6, 6.07) is 1.91. The molecule has 0 radical (unpaired) electrons. The molecule has 1 amide bonds. The third-order valence-corrected chi connectivity index (χ3v) is 3.85. The lowest BCUT2D eigenvalue weighted by atomic mass is 9.96. The molecule has 96 valence electrons. The minimum absolute atomic E-state index is 0. The first-order chi connectivity index (χ1) is 7.81. The first kappa shape index (κ1) is 14.5. The van der Waals surface area contributed by atoms with Crippen molar-refractivity contribution in [2.75, 3.05) is 26.7 Å². The number of carbonyl (C=O) groups is 1. The maximum atomic E-state index is 12.0. The van der Waals surface area contributed by atoms with Gasteiger partial charge in [-0.05, 0) is 43.8 Å². The van der Waals surface area contributed by atoms with Crippen molar-refractivity contribution in [2.45, 2.75) is 12.8 Å². The molecule has 2 heterocycles. The van der Waals surface area contributed by atoms with Crippen LogP contribution in [0.3, 0.4) is 0 Å². The molecule has 1 aliphatic heterocycles. The summed E-state index contributed by atoms with van der Waals surface area (Å²) in [5.41, 5.74) is 0.845. The van der Waals surface area contributed by atoms with Crippen LogP contribution < -0.4 is 5.32 Å². The van der Waals surface area contributed by atoms with Crippen molar-refractivity contribution in [3.8, 4) is 0 Å². The summed E-state index contributed by atoms with van der Waals surface area (Å²) in [7, 11) is 1.99. The van der Waals surface area contributed by atoms with Gasteiger partial charge in [0.2, 0.25) is 0 Å². The van der Waals surface area contributed by atoms with Gasteiger partial charge >= 0.3 is 0 Å². The molecule has 2 rings (SSSR count). The molecule has 0 aliphatic carbocycles. The van der Waals surface area contributed by atoms with Crippen LogP contribution >= 0.6 is 23.7 Å². The van der Waals surface area contributed by atoms with Gasteiger partial charge in [-0.25, -0.2) is 0 Å². The number of likely N-dealkylation sites (tertiary alicyclic amines) is 1. The fourth-order valence-electron chi connectivity index (χ4n) is 2.20. The SMILES string of the molecule is CNCC1CCN(C(=O)c2ccsc2)CC1.Cl. The molecule has 5 heteroatoms. The maximum Gasteiger partial charge on any atom is 0.254 e. The largest absolute Gasteiger partial charge is 0.339 e. The van der Waals surface area contributed by atoms with Crippen molar-refractivity contribution in [1.82, 2.24) is 10.2 Å². The van der Waals surface area contributed by atoms with Crippen LogP contribution in [-0.2, 0) is 0 Å². The first-order valence-electron chi connectivity index (χ1n) is 5.77. The van der Waals surface area contributed by atoms with E-state index in [2.05, 4.69) is 5.32 Å². The van der Waals surface area contributed by atoms with Gasteiger partial charge in [-0.15, -0.1) is 12.4 Å². The van der Waals surface area contributed by atoms with Gasteiger partial charge in [0, 0.05) is 18.5 Å². The van der Waals surface area contributed by atoms with Crippen molar-refractivity contribution >= 4 is 29.7 Å². The quantitative estimate of drug-likeness (QED) is 0.917. The van der Waals surface area contributed by atoms with Crippen molar-refractivity contribution in [3.63, 3.8) is 0 Å². The zero-order valence-electron chi connectivity index (χ0n) is 10.0.